The van der Waals surface area contributed by atoms with Gasteiger partial charge < -0.3 is 10.0 Å². The zero-order valence-electron chi connectivity index (χ0n) is 8.78. The second kappa shape index (κ2) is 3.89. The second-order valence-electron chi connectivity index (χ2n) is 4.62. The Bertz CT molecular complexity index is 217. The van der Waals surface area contributed by atoms with E-state index in [1.165, 1.54) is 19.3 Å². The maximum absolute atomic E-state index is 11.7. The molecule has 0 radical (unpaired) electrons. The Hall–Kier alpha value is -0.570. The average molecular weight is 197 g/mol. The number of rotatable bonds is 2. The summed E-state index contributed by atoms with van der Waals surface area (Å²) in [5.41, 5.74) is 0. The molecule has 2 aliphatic rings. The highest BCUT2D eigenvalue weighted by molar-refractivity contribution is 5.80. The lowest BCUT2D eigenvalue weighted by Gasteiger charge is -2.19. The monoisotopic (exact) mass is 197 g/mol. The molecule has 1 saturated heterocycles. The van der Waals surface area contributed by atoms with Crippen LogP contribution in [0.3, 0.4) is 0 Å². The van der Waals surface area contributed by atoms with E-state index in [0.717, 1.165) is 24.9 Å². The van der Waals surface area contributed by atoms with Crippen LogP contribution in [0.5, 0.6) is 0 Å². The number of carbonyl (C=O) groups excluding carboxylic acids is 1. The van der Waals surface area contributed by atoms with Crippen LogP contribution in [-0.4, -0.2) is 35.1 Å². The van der Waals surface area contributed by atoms with E-state index in [2.05, 4.69) is 0 Å². The van der Waals surface area contributed by atoms with Crippen molar-refractivity contribution in [1.82, 2.24) is 4.90 Å². The van der Waals surface area contributed by atoms with Crippen molar-refractivity contribution in [3.05, 3.63) is 0 Å². The van der Waals surface area contributed by atoms with Crippen LogP contribution in [0.4, 0.5) is 0 Å². The summed E-state index contributed by atoms with van der Waals surface area (Å²) in [7, 11) is 0. The van der Waals surface area contributed by atoms with Crippen LogP contribution >= 0.6 is 0 Å². The Balaban J connectivity index is 1.92. The van der Waals surface area contributed by atoms with Crippen LogP contribution < -0.4 is 0 Å². The summed E-state index contributed by atoms with van der Waals surface area (Å²) in [5.74, 6) is 1.40. The number of carbonyl (C=O) groups is 1. The number of amides is 1. The zero-order chi connectivity index (χ0) is 10.1. The van der Waals surface area contributed by atoms with Crippen LogP contribution in [0.1, 0.15) is 32.6 Å². The van der Waals surface area contributed by atoms with E-state index < -0.39 is 6.10 Å². The lowest BCUT2D eigenvalue weighted by Crippen LogP contribution is -2.37. The minimum Gasteiger partial charge on any atom is -0.383 e. The second-order valence-corrected chi connectivity index (χ2v) is 4.62. The minimum absolute atomic E-state index is 0.0538. The van der Waals surface area contributed by atoms with Crippen LogP contribution in [0.25, 0.3) is 0 Å². The van der Waals surface area contributed by atoms with Crippen molar-refractivity contribution in [3.63, 3.8) is 0 Å². The average Bonchev–Trinajstić information content (AvgIpc) is 2.74. The fourth-order valence-corrected chi connectivity index (χ4v) is 2.80. The number of fused-ring (bicyclic) bond motifs is 1. The molecule has 2 fully saturated rings. The van der Waals surface area contributed by atoms with E-state index in [-0.39, 0.29) is 5.91 Å². The third-order valence-electron chi connectivity index (χ3n) is 3.71. The van der Waals surface area contributed by atoms with Gasteiger partial charge in [0, 0.05) is 13.1 Å². The molecule has 1 saturated carbocycles. The molecule has 1 heterocycles. The standard InChI is InChI=1S/C11H19NO2/c1-2-10(13)11(14)12-6-8-4-3-5-9(8)7-12/h8-10,13H,2-7H2,1H3/t8-,9+,10-/m1/s1. The predicted molar refractivity (Wildman–Crippen MR) is 53.7 cm³/mol. The Morgan fingerprint density at radius 1 is 1.43 bits per heavy atom. The van der Waals surface area contributed by atoms with Gasteiger partial charge in [0.15, 0.2) is 0 Å². The molecular formula is C11H19NO2. The van der Waals surface area contributed by atoms with Gasteiger partial charge in [-0.05, 0) is 31.1 Å². The van der Waals surface area contributed by atoms with Crippen molar-refractivity contribution in [3.8, 4) is 0 Å². The third kappa shape index (κ3) is 1.65. The highest BCUT2D eigenvalue weighted by Crippen LogP contribution is 2.37. The van der Waals surface area contributed by atoms with E-state index in [1.807, 2.05) is 11.8 Å². The quantitative estimate of drug-likeness (QED) is 0.718. The van der Waals surface area contributed by atoms with Gasteiger partial charge >= 0.3 is 0 Å². The summed E-state index contributed by atoms with van der Waals surface area (Å²) < 4.78 is 0. The molecule has 0 aromatic carbocycles. The fourth-order valence-electron chi connectivity index (χ4n) is 2.80. The highest BCUT2D eigenvalue weighted by atomic mass is 16.3. The molecule has 0 aromatic rings. The predicted octanol–water partition coefficient (Wildman–Crippen LogP) is 1.02. The molecule has 2 rings (SSSR count). The maximum atomic E-state index is 11.7. The first-order chi connectivity index (χ1) is 6.72. The van der Waals surface area contributed by atoms with Crippen molar-refractivity contribution in [2.75, 3.05) is 13.1 Å². The van der Waals surface area contributed by atoms with Crippen LogP contribution in [-0.2, 0) is 4.79 Å². The lowest BCUT2D eigenvalue weighted by atomic mass is 10.0. The van der Waals surface area contributed by atoms with Gasteiger partial charge in [-0.15, -0.1) is 0 Å². The van der Waals surface area contributed by atoms with Crippen LogP contribution in [0.15, 0.2) is 0 Å². The number of nitrogens with zero attached hydrogens (tertiary/aromatic N) is 1. The molecule has 80 valence electrons. The van der Waals surface area contributed by atoms with Crippen molar-refractivity contribution < 1.29 is 9.90 Å². The molecule has 0 spiro atoms. The molecule has 1 N–H and O–H groups in total. The normalized spacial score (nSPS) is 33.1. The number of aliphatic hydroxyl groups is 1. The van der Waals surface area contributed by atoms with E-state index >= 15 is 0 Å². The SMILES string of the molecule is CC[C@@H](O)C(=O)N1C[C@H]2CCC[C@H]2C1. The Kier molecular flexibility index (Phi) is 2.77. The summed E-state index contributed by atoms with van der Waals surface area (Å²) in [4.78, 5) is 13.5. The van der Waals surface area contributed by atoms with Gasteiger partial charge in [-0.1, -0.05) is 13.3 Å². The van der Waals surface area contributed by atoms with Crippen LogP contribution in [0.2, 0.25) is 0 Å². The first-order valence-corrected chi connectivity index (χ1v) is 5.69. The molecule has 3 heteroatoms. The fraction of sp³-hybridized carbons (Fsp3) is 0.909. The largest absolute Gasteiger partial charge is 0.383 e. The third-order valence-corrected chi connectivity index (χ3v) is 3.71. The van der Waals surface area contributed by atoms with Crippen molar-refractivity contribution in [1.29, 1.82) is 0 Å². The summed E-state index contributed by atoms with van der Waals surface area (Å²) in [5, 5.41) is 9.46. The van der Waals surface area contributed by atoms with Gasteiger partial charge in [0.1, 0.15) is 6.10 Å². The molecule has 0 unspecified atom stereocenters. The van der Waals surface area contributed by atoms with Gasteiger partial charge in [-0.25, -0.2) is 0 Å². The number of hydrogen-bond acceptors (Lipinski definition) is 2. The summed E-state index contributed by atoms with van der Waals surface area (Å²) >= 11 is 0. The lowest BCUT2D eigenvalue weighted by molar-refractivity contribution is -0.139. The Labute approximate surface area is 85.1 Å². The van der Waals surface area contributed by atoms with Gasteiger partial charge in [0.2, 0.25) is 0 Å². The van der Waals surface area contributed by atoms with E-state index in [0.29, 0.717) is 6.42 Å². The molecule has 1 amide bonds. The molecule has 14 heavy (non-hydrogen) atoms. The van der Waals surface area contributed by atoms with Gasteiger partial charge in [-0.3, -0.25) is 4.79 Å². The zero-order valence-corrected chi connectivity index (χ0v) is 8.78. The molecule has 3 nitrogen and oxygen atoms in total. The van der Waals surface area contributed by atoms with E-state index in [9.17, 15) is 9.90 Å². The molecule has 0 bridgehead atoms. The molecule has 3 atom stereocenters. The van der Waals surface area contributed by atoms with E-state index in [1.54, 1.807) is 0 Å². The number of likely N-dealkylation sites (tertiary alicyclic amines) is 1. The summed E-state index contributed by atoms with van der Waals surface area (Å²) in [6.45, 7) is 3.63. The van der Waals surface area contributed by atoms with Crippen molar-refractivity contribution in [2.24, 2.45) is 11.8 Å². The molecule has 1 aliphatic carbocycles. The van der Waals surface area contributed by atoms with Crippen molar-refractivity contribution in [2.45, 2.75) is 38.7 Å². The summed E-state index contributed by atoms with van der Waals surface area (Å²) in [6, 6.07) is 0. The number of hydrogen-bond donors (Lipinski definition) is 1. The van der Waals surface area contributed by atoms with Gasteiger partial charge in [0.05, 0.1) is 0 Å². The first kappa shape index (κ1) is 9.97. The first-order valence-electron chi connectivity index (χ1n) is 5.69. The summed E-state index contributed by atoms with van der Waals surface area (Å²) in [6.07, 6.45) is 3.64. The Morgan fingerprint density at radius 2 is 2.00 bits per heavy atom. The molecular weight excluding hydrogens is 178 g/mol. The van der Waals surface area contributed by atoms with Crippen LogP contribution in [0, 0.1) is 11.8 Å². The maximum Gasteiger partial charge on any atom is 0.251 e. The smallest absolute Gasteiger partial charge is 0.251 e. The number of aliphatic hydroxyl groups excluding tert-OH is 1. The topological polar surface area (TPSA) is 40.5 Å². The van der Waals surface area contributed by atoms with Gasteiger partial charge in [-0.2, -0.15) is 0 Å². The van der Waals surface area contributed by atoms with E-state index in [4.69, 9.17) is 0 Å². The Morgan fingerprint density at radius 3 is 2.50 bits per heavy atom. The highest BCUT2D eigenvalue weighted by Gasteiger charge is 2.38. The molecule has 0 aromatic heterocycles. The molecule has 1 aliphatic heterocycles. The minimum atomic E-state index is -0.770. The van der Waals surface area contributed by atoms with Gasteiger partial charge in [0.25, 0.3) is 5.91 Å². The van der Waals surface area contributed by atoms with Crippen molar-refractivity contribution >= 4 is 5.91 Å².